The summed E-state index contributed by atoms with van der Waals surface area (Å²) in [5.41, 5.74) is 6.70. The normalized spacial score (nSPS) is 10.6. The largest absolute Gasteiger partial charge is 0.331 e. The van der Waals surface area contributed by atoms with Crippen molar-refractivity contribution in [2.24, 2.45) is 0 Å². The molecule has 3 aromatic carbocycles. The Morgan fingerprint density at radius 1 is 0.903 bits per heavy atom. The predicted octanol–water partition coefficient (Wildman–Crippen LogP) is 3.05. The first-order chi connectivity index (χ1) is 15.0. The smallest absolute Gasteiger partial charge is 0.269 e. The lowest BCUT2D eigenvalue weighted by molar-refractivity contribution is -0.121. The molecule has 0 unspecified atom stereocenters. The van der Waals surface area contributed by atoms with E-state index < -0.39 is 5.91 Å². The van der Waals surface area contributed by atoms with E-state index in [4.69, 9.17) is 12.2 Å². The van der Waals surface area contributed by atoms with Gasteiger partial charge in [-0.3, -0.25) is 29.8 Å². The Morgan fingerprint density at radius 2 is 1.58 bits per heavy atom. The van der Waals surface area contributed by atoms with Crippen molar-refractivity contribution in [3.05, 3.63) is 105 Å². The summed E-state index contributed by atoms with van der Waals surface area (Å²) in [5, 5.41) is 0.391. The highest BCUT2D eigenvalue weighted by Crippen LogP contribution is 2.13. The third-order valence-electron chi connectivity index (χ3n) is 4.70. The molecule has 4 rings (SSSR count). The average Bonchev–Trinajstić information content (AvgIpc) is 2.78. The molecule has 2 amide bonds. The lowest BCUT2D eigenvalue weighted by atomic mass is 10.1. The lowest BCUT2D eigenvalue weighted by Gasteiger charge is -2.10. The molecule has 1 aromatic heterocycles. The zero-order valence-corrected chi connectivity index (χ0v) is 17.1. The second kappa shape index (κ2) is 8.76. The number of hydrogen-bond donors (Lipinski definition) is 3. The van der Waals surface area contributed by atoms with Crippen LogP contribution in [0.3, 0.4) is 0 Å². The van der Waals surface area contributed by atoms with E-state index in [0.717, 1.165) is 5.56 Å². The number of hydrazine groups is 1. The van der Waals surface area contributed by atoms with Crippen molar-refractivity contribution >= 4 is 34.9 Å². The van der Waals surface area contributed by atoms with E-state index in [2.05, 4.69) is 15.8 Å². The molecule has 0 aliphatic heterocycles. The molecule has 0 aliphatic rings. The first-order valence-corrected chi connectivity index (χ1v) is 9.91. The molecule has 0 spiro atoms. The molecule has 0 saturated heterocycles. The summed E-state index contributed by atoms with van der Waals surface area (Å²) in [4.78, 5) is 40.4. The fourth-order valence-corrected chi connectivity index (χ4v) is 3.49. The Balaban J connectivity index is 1.54. The standard InChI is InChI=1S/C23H18N4O3S/c28-20(13-15-7-3-1-4-8-15)25-26-21(29)16-11-12-18-19(14-16)24-23(31)27(22(18)30)17-9-5-2-6-10-17/h1-12,14H,13H2,(H,24,31)(H,25,28)(H,26,29). The van der Waals surface area contributed by atoms with E-state index in [0.29, 0.717) is 16.6 Å². The fourth-order valence-electron chi connectivity index (χ4n) is 3.19. The number of carbonyl (C=O) groups is 2. The summed E-state index contributed by atoms with van der Waals surface area (Å²) >= 11 is 5.36. The highest BCUT2D eigenvalue weighted by atomic mass is 32.1. The molecule has 0 bridgehead atoms. The first-order valence-electron chi connectivity index (χ1n) is 9.50. The van der Waals surface area contributed by atoms with Crippen LogP contribution in [0.25, 0.3) is 16.6 Å². The Bertz CT molecular complexity index is 1380. The van der Waals surface area contributed by atoms with Gasteiger partial charge in [0.1, 0.15) is 0 Å². The van der Waals surface area contributed by atoms with Gasteiger partial charge < -0.3 is 4.98 Å². The van der Waals surface area contributed by atoms with Gasteiger partial charge >= 0.3 is 0 Å². The van der Waals surface area contributed by atoms with Crippen LogP contribution in [0.15, 0.2) is 83.7 Å². The number of nitrogens with one attached hydrogen (secondary N) is 3. The lowest BCUT2D eigenvalue weighted by Crippen LogP contribution is -2.42. The van der Waals surface area contributed by atoms with Crippen molar-refractivity contribution in [2.75, 3.05) is 0 Å². The van der Waals surface area contributed by atoms with E-state index in [1.807, 2.05) is 48.5 Å². The topological polar surface area (TPSA) is 96.0 Å². The summed E-state index contributed by atoms with van der Waals surface area (Å²) in [6, 6.07) is 22.9. The second-order valence-corrected chi connectivity index (χ2v) is 7.22. The van der Waals surface area contributed by atoms with Crippen molar-refractivity contribution in [1.82, 2.24) is 20.4 Å². The number of amides is 2. The van der Waals surface area contributed by atoms with Gasteiger partial charge in [-0.2, -0.15) is 0 Å². The SMILES string of the molecule is O=C(Cc1ccccc1)NNC(=O)c1ccc2c(=O)n(-c3ccccc3)c(=S)[nH]c2c1. The molecule has 7 nitrogen and oxygen atoms in total. The van der Waals surface area contributed by atoms with Crippen LogP contribution in [0.1, 0.15) is 15.9 Å². The van der Waals surface area contributed by atoms with E-state index in [-0.39, 0.29) is 28.2 Å². The number of fused-ring (bicyclic) bond motifs is 1. The zero-order valence-electron chi connectivity index (χ0n) is 16.3. The van der Waals surface area contributed by atoms with Gasteiger partial charge in [0.2, 0.25) is 5.91 Å². The molecule has 0 radical (unpaired) electrons. The first kappa shape index (κ1) is 20.2. The van der Waals surface area contributed by atoms with Crippen LogP contribution in [0, 0.1) is 4.77 Å². The molecule has 31 heavy (non-hydrogen) atoms. The number of para-hydroxylation sites is 1. The van der Waals surface area contributed by atoms with Crippen LogP contribution in [0.4, 0.5) is 0 Å². The summed E-state index contributed by atoms with van der Waals surface area (Å²) in [6.45, 7) is 0. The highest BCUT2D eigenvalue weighted by Gasteiger charge is 2.12. The van der Waals surface area contributed by atoms with Crippen LogP contribution in [-0.2, 0) is 11.2 Å². The second-order valence-electron chi connectivity index (χ2n) is 6.83. The van der Waals surface area contributed by atoms with Gasteiger partial charge in [-0.25, -0.2) is 0 Å². The maximum absolute atomic E-state index is 12.9. The van der Waals surface area contributed by atoms with E-state index in [1.165, 1.54) is 16.7 Å². The van der Waals surface area contributed by atoms with Crippen LogP contribution >= 0.6 is 12.2 Å². The van der Waals surface area contributed by atoms with Crippen molar-refractivity contribution in [1.29, 1.82) is 0 Å². The van der Waals surface area contributed by atoms with Gasteiger partial charge in [-0.05, 0) is 48.1 Å². The summed E-state index contributed by atoms with van der Waals surface area (Å²) in [6.07, 6.45) is 0.144. The van der Waals surface area contributed by atoms with Crippen molar-refractivity contribution in [3.63, 3.8) is 0 Å². The number of aromatic nitrogens is 2. The van der Waals surface area contributed by atoms with Crippen LogP contribution in [0.2, 0.25) is 0 Å². The Labute approximate surface area is 182 Å². The third kappa shape index (κ3) is 4.44. The van der Waals surface area contributed by atoms with Gasteiger partial charge in [0.05, 0.1) is 23.0 Å². The minimum atomic E-state index is -0.505. The molecule has 154 valence electrons. The molecule has 1 heterocycles. The minimum Gasteiger partial charge on any atom is -0.331 e. The molecular formula is C23H18N4O3S. The zero-order chi connectivity index (χ0) is 21.8. The van der Waals surface area contributed by atoms with Crippen LogP contribution in [0.5, 0.6) is 0 Å². The molecule has 0 atom stereocenters. The van der Waals surface area contributed by atoms with E-state index >= 15 is 0 Å². The molecular weight excluding hydrogens is 412 g/mol. The number of hydrogen-bond acceptors (Lipinski definition) is 4. The predicted molar refractivity (Wildman–Crippen MR) is 120 cm³/mol. The maximum atomic E-state index is 12.9. The van der Waals surface area contributed by atoms with E-state index in [1.54, 1.807) is 18.2 Å². The van der Waals surface area contributed by atoms with Crippen molar-refractivity contribution in [2.45, 2.75) is 6.42 Å². The van der Waals surface area contributed by atoms with Crippen molar-refractivity contribution in [3.8, 4) is 5.69 Å². The molecule has 0 fully saturated rings. The Hall–Kier alpha value is -4.04. The van der Waals surface area contributed by atoms with Crippen molar-refractivity contribution < 1.29 is 9.59 Å². The number of H-pyrrole nitrogens is 1. The highest BCUT2D eigenvalue weighted by molar-refractivity contribution is 7.71. The average molecular weight is 430 g/mol. The Morgan fingerprint density at radius 3 is 2.29 bits per heavy atom. The number of nitrogens with zero attached hydrogens (tertiary/aromatic N) is 1. The van der Waals surface area contributed by atoms with Gasteiger partial charge in [-0.1, -0.05) is 48.5 Å². The fraction of sp³-hybridized carbons (Fsp3) is 0.0435. The van der Waals surface area contributed by atoms with Gasteiger partial charge in [0.15, 0.2) is 4.77 Å². The number of aromatic amines is 1. The Kier molecular flexibility index (Phi) is 5.72. The monoisotopic (exact) mass is 430 g/mol. The summed E-state index contributed by atoms with van der Waals surface area (Å²) in [5.74, 6) is -0.847. The maximum Gasteiger partial charge on any atom is 0.269 e. The molecule has 4 aromatic rings. The van der Waals surface area contributed by atoms with Gasteiger partial charge in [0, 0.05) is 5.56 Å². The van der Waals surface area contributed by atoms with Crippen LogP contribution in [-0.4, -0.2) is 21.4 Å². The minimum absolute atomic E-state index is 0.144. The van der Waals surface area contributed by atoms with Gasteiger partial charge in [-0.15, -0.1) is 0 Å². The summed E-state index contributed by atoms with van der Waals surface area (Å²) < 4.78 is 1.62. The quantitative estimate of drug-likeness (QED) is 0.343. The van der Waals surface area contributed by atoms with E-state index in [9.17, 15) is 14.4 Å². The van der Waals surface area contributed by atoms with Crippen LogP contribution < -0.4 is 16.4 Å². The number of rotatable bonds is 4. The molecule has 8 heteroatoms. The molecule has 0 aliphatic carbocycles. The third-order valence-corrected chi connectivity index (χ3v) is 4.98. The molecule has 3 N–H and O–H groups in total. The number of carbonyl (C=O) groups excluding carboxylic acids is 2. The number of benzene rings is 3. The molecule has 0 saturated carbocycles. The van der Waals surface area contributed by atoms with Gasteiger partial charge in [0.25, 0.3) is 11.5 Å². The summed E-state index contributed by atoms with van der Waals surface area (Å²) in [7, 11) is 0.